The van der Waals surface area contributed by atoms with Crippen molar-refractivity contribution in [1.82, 2.24) is 10.2 Å². The van der Waals surface area contributed by atoms with Crippen LogP contribution in [0.3, 0.4) is 0 Å². The molecule has 2 fully saturated rings. The first-order valence-electron chi connectivity index (χ1n) is 14.5. The number of aliphatic hydroxyl groups is 1. The van der Waals surface area contributed by atoms with E-state index in [9.17, 15) is 14.7 Å². The third-order valence-electron chi connectivity index (χ3n) is 7.68. The second kappa shape index (κ2) is 14.5. The molecular formula is C33H38N2O7. The summed E-state index contributed by atoms with van der Waals surface area (Å²) in [5.41, 5.74) is 5.83. The summed E-state index contributed by atoms with van der Waals surface area (Å²) in [6.07, 6.45) is -0.143. The molecule has 3 N–H and O–H groups in total. The van der Waals surface area contributed by atoms with Gasteiger partial charge in [0.05, 0.1) is 38.4 Å². The SMILES string of the molecule is O=C(O)CCC(=O)NCc1cccc(-c2ccc([C@@H]3O[C@H](CN4CCOCC4)C[C@H](c4ccc(CO)cc4)O3)cc2)c1. The Balaban J connectivity index is 1.27. The lowest BCUT2D eigenvalue weighted by Crippen LogP contribution is -2.44. The molecule has 3 atom stereocenters. The zero-order valence-corrected chi connectivity index (χ0v) is 23.6. The molecule has 0 saturated carbocycles. The number of carbonyl (C=O) groups excluding carboxylic acids is 1. The van der Waals surface area contributed by atoms with Crippen LogP contribution in [0.15, 0.2) is 72.8 Å². The number of amides is 1. The fourth-order valence-corrected chi connectivity index (χ4v) is 5.31. The summed E-state index contributed by atoms with van der Waals surface area (Å²) < 4.78 is 18.5. The van der Waals surface area contributed by atoms with Gasteiger partial charge in [-0.15, -0.1) is 0 Å². The maximum absolute atomic E-state index is 11.9. The fourth-order valence-electron chi connectivity index (χ4n) is 5.31. The first-order valence-corrected chi connectivity index (χ1v) is 14.5. The number of aliphatic hydroxyl groups excluding tert-OH is 1. The second-order valence-corrected chi connectivity index (χ2v) is 10.8. The smallest absolute Gasteiger partial charge is 0.303 e. The van der Waals surface area contributed by atoms with Crippen LogP contribution in [0.2, 0.25) is 0 Å². The lowest BCUT2D eigenvalue weighted by molar-refractivity contribution is -0.253. The summed E-state index contributed by atoms with van der Waals surface area (Å²) in [6.45, 7) is 4.40. The van der Waals surface area contributed by atoms with Crippen molar-refractivity contribution in [3.8, 4) is 11.1 Å². The molecule has 0 unspecified atom stereocenters. The fraction of sp³-hybridized carbons (Fsp3) is 0.394. The van der Waals surface area contributed by atoms with Crippen molar-refractivity contribution in [3.63, 3.8) is 0 Å². The molecular weight excluding hydrogens is 536 g/mol. The monoisotopic (exact) mass is 574 g/mol. The van der Waals surface area contributed by atoms with Gasteiger partial charge in [-0.2, -0.15) is 0 Å². The number of nitrogens with one attached hydrogen (secondary N) is 1. The molecule has 2 saturated heterocycles. The van der Waals surface area contributed by atoms with Gasteiger partial charge in [0, 0.05) is 44.6 Å². The predicted octanol–water partition coefficient (Wildman–Crippen LogP) is 4.20. The van der Waals surface area contributed by atoms with Crippen LogP contribution in [0.5, 0.6) is 0 Å². The Bertz CT molecular complexity index is 1320. The molecule has 3 aromatic carbocycles. The van der Waals surface area contributed by atoms with E-state index in [0.29, 0.717) is 6.54 Å². The maximum atomic E-state index is 11.9. The molecule has 222 valence electrons. The highest BCUT2D eigenvalue weighted by Gasteiger charge is 2.33. The molecule has 9 heteroatoms. The van der Waals surface area contributed by atoms with Gasteiger partial charge in [0.15, 0.2) is 6.29 Å². The van der Waals surface area contributed by atoms with Crippen molar-refractivity contribution in [1.29, 1.82) is 0 Å². The van der Waals surface area contributed by atoms with Gasteiger partial charge >= 0.3 is 5.97 Å². The summed E-state index contributed by atoms with van der Waals surface area (Å²) in [4.78, 5) is 25.0. The van der Waals surface area contributed by atoms with E-state index in [1.165, 1.54) is 0 Å². The molecule has 2 heterocycles. The number of aliphatic carboxylic acids is 1. The van der Waals surface area contributed by atoms with E-state index in [1.807, 2.05) is 72.8 Å². The first-order chi connectivity index (χ1) is 20.5. The highest BCUT2D eigenvalue weighted by atomic mass is 16.7. The standard InChI is InChI=1S/C33H38N2O7/c36-22-23-4-6-26(7-5-23)30-19-29(21-35-14-16-40-17-15-35)41-33(42-30)27-10-8-25(9-11-27)28-3-1-2-24(18-28)20-34-31(37)12-13-32(38)39/h1-11,18,29-30,33,36H,12-17,19-22H2,(H,34,37)(H,38,39)/t29-,30+,33+/m0/s1. The Kier molecular flexibility index (Phi) is 10.3. The van der Waals surface area contributed by atoms with Crippen LogP contribution in [-0.4, -0.2) is 65.9 Å². The van der Waals surface area contributed by atoms with Crippen molar-refractivity contribution in [2.75, 3.05) is 32.8 Å². The summed E-state index contributed by atoms with van der Waals surface area (Å²) >= 11 is 0. The number of carboxylic acids is 1. The van der Waals surface area contributed by atoms with Gasteiger partial charge < -0.3 is 29.7 Å². The number of morpholine rings is 1. The Morgan fingerprint density at radius 3 is 2.31 bits per heavy atom. The number of nitrogens with zero attached hydrogens (tertiary/aromatic N) is 1. The van der Waals surface area contributed by atoms with Gasteiger partial charge in [-0.3, -0.25) is 14.5 Å². The number of hydrogen-bond acceptors (Lipinski definition) is 7. The predicted molar refractivity (Wildman–Crippen MR) is 156 cm³/mol. The van der Waals surface area contributed by atoms with Gasteiger partial charge in [0.1, 0.15) is 0 Å². The normalized spacial score (nSPS) is 21.1. The minimum Gasteiger partial charge on any atom is -0.481 e. The van der Waals surface area contributed by atoms with Crippen LogP contribution >= 0.6 is 0 Å². The Morgan fingerprint density at radius 1 is 0.857 bits per heavy atom. The van der Waals surface area contributed by atoms with E-state index in [0.717, 1.165) is 72.6 Å². The number of hydrogen-bond donors (Lipinski definition) is 3. The number of carbonyl (C=O) groups is 2. The molecule has 1 amide bonds. The minimum absolute atomic E-state index is 0.00782. The largest absolute Gasteiger partial charge is 0.481 e. The average Bonchev–Trinajstić information content (AvgIpc) is 3.03. The molecule has 9 nitrogen and oxygen atoms in total. The van der Waals surface area contributed by atoms with Crippen LogP contribution in [-0.2, 0) is 37.0 Å². The summed E-state index contributed by atoms with van der Waals surface area (Å²) in [6, 6.07) is 24.0. The summed E-state index contributed by atoms with van der Waals surface area (Å²) in [7, 11) is 0. The molecule has 42 heavy (non-hydrogen) atoms. The second-order valence-electron chi connectivity index (χ2n) is 10.8. The molecule has 0 radical (unpaired) electrons. The van der Waals surface area contributed by atoms with E-state index in [4.69, 9.17) is 19.3 Å². The molecule has 0 aromatic heterocycles. The third kappa shape index (κ3) is 8.24. The molecule has 0 bridgehead atoms. The summed E-state index contributed by atoms with van der Waals surface area (Å²) in [5.74, 6) is -1.27. The molecule has 0 spiro atoms. The first kappa shape index (κ1) is 29.9. The van der Waals surface area contributed by atoms with E-state index >= 15 is 0 Å². The van der Waals surface area contributed by atoms with Crippen LogP contribution in [0, 0.1) is 0 Å². The molecule has 5 rings (SSSR count). The lowest BCUT2D eigenvalue weighted by Gasteiger charge is -2.39. The van der Waals surface area contributed by atoms with E-state index in [1.54, 1.807) is 0 Å². The molecule has 0 aliphatic carbocycles. The van der Waals surface area contributed by atoms with Crippen LogP contribution < -0.4 is 5.32 Å². The van der Waals surface area contributed by atoms with Gasteiger partial charge in [-0.05, 0) is 33.9 Å². The Morgan fingerprint density at radius 2 is 1.60 bits per heavy atom. The van der Waals surface area contributed by atoms with Crippen molar-refractivity contribution in [3.05, 3.63) is 95.1 Å². The Hall–Kier alpha value is -3.60. The van der Waals surface area contributed by atoms with Crippen LogP contribution in [0.25, 0.3) is 11.1 Å². The number of carboxylic acid groups (broad SMARTS) is 1. The average molecular weight is 575 g/mol. The third-order valence-corrected chi connectivity index (χ3v) is 7.68. The van der Waals surface area contributed by atoms with Crippen molar-refractivity contribution in [2.24, 2.45) is 0 Å². The minimum atomic E-state index is -0.987. The molecule has 2 aliphatic heterocycles. The highest BCUT2D eigenvalue weighted by molar-refractivity contribution is 5.80. The van der Waals surface area contributed by atoms with Crippen LogP contribution in [0.1, 0.15) is 53.9 Å². The van der Waals surface area contributed by atoms with Crippen molar-refractivity contribution in [2.45, 2.75) is 50.9 Å². The van der Waals surface area contributed by atoms with Crippen molar-refractivity contribution < 1.29 is 34.0 Å². The number of benzene rings is 3. The van der Waals surface area contributed by atoms with Gasteiger partial charge in [0.25, 0.3) is 0 Å². The van der Waals surface area contributed by atoms with Gasteiger partial charge in [-0.1, -0.05) is 66.7 Å². The number of ether oxygens (including phenoxy) is 3. The topological polar surface area (TPSA) is 118 Å². The van der Waals surface area contributed by atoms with Crippen LogP contribution in [0.4, 0.5) is 0 Å². The zero-order valence-electron chi connectivity index (χ0n) is 23.6. The van der Waals surface area contributed by atoms with E-state index in [2.05, 4.69) is 10.2 Å². The molecule has 3 aromatic rings. The maximum Gasteiger partial charge on any atom is 0.303 e. The summed E-state index contributed by atoms with van der Waals surface area (Å²) in [5, 5.41) is 21.0. The quantitative estimate of drug-likeness (QED) is 0.312. The van der Waals surface area contributed by atoms with E-state index in [-0.39, 0.29) is 37.6 Å². The number of rotatable bonds is 11. The van der Waals surface area contributed by atoms with Gasteiger partial charge in [0.2, 0.25) is 5.91 Å². The lowest BCUT2D eigenvalue weighted by atomic mass is 9.99. The van der Waals surface area contributed by atoms with Crippen molar-refractivity contribution >= 4 is 11.9 Å². The highest BCUT2D eigenvalue weighted by Crippen LogP contribution is 2.38. The van der Waals surface area contributed by atoms with E-state index < -0.39 is 12.3 Å². The zero-order chi connectivity index (χ0) is 29.3. The Labute approximate surface area is 246 Å². The molecule has 2 aliphatic rings. The van der Waals surface area contributed by atoms with Gasteiger partial charge in [-0.25, -0.2) is 0 Å².